The quantitative estimate of drug-likeness (QED) is 0.276. The molecule has 1 N–H and O–H groups in total. The van der Waals surface area contributed by atoms with E-state index in [0.29, 0.717) is 0 Å². The van der Waals surface area contributed by atoms with Crippen LogP contribution in [0.2, 0.25) is 0 Å². The van der Waals surface area contributed by atoms with E-state index >= 15 is 0 Å². The third-order valence-electron chi connectivity index (χ3n) is 0. The molecule has 0 heterocycles. The van der Waals surface area contributed by atoms with Crippen LogP contribution in [0.15, 0.2) is 0 Å². The van der Waals surface area contributed by atoms with Gasteiger partial charge in [-0.05, 0) is 0 Å². The minimum absolute atomic E-state index is 0.125. The van der Waals surface area contributed by atoms with Crippen LogP contribution >= 0.6 is 0 Å². The topological polar surface area (TPSA) is 58.0 Å². The zero-order chi connectivity index (χ0) is 4.71. The van der Waals surface area contributed by atoms with E-state index < -0.39 is 0 Å². The average Bonchev–Trinajstić information content (AvgIpc) is 1.46. The first kappa shape index (κ1) is 8.84. The van der Waals surface area contributed by atoms with E-state index in [2.05, 4.69) is 0 Å². The van der Waals surface area contributed by atoms with E-state index in [1.807, 2.05) is 0 Å². The second-order valence-electron chi connectivity index (χ2n) is 0.102. The Labute approximate surface area is 38.8 Å². The Hall–Kier alpha value is -0.197. The fourth-order valence-electron chi connectivity index (χ4n) is 0. The van der Waals surface area contributed by atoms with Crippen LogP contribution in [0.5, 0.6) is 0 Å². The summed E-state index contributed by atoms with van der Waals surface area (Å²) in [6, 6.07) is 0. The molecule has 0 rings (SSSR count). The predicted molar refractivity (Wildman–Crippen MR) is 9.10 cm³/mol. The fraction of sp³-hybridized carbons (Fsp3) is 0. The molecule has 0 saturated heterocycles. The van der Waals surface area contributed by atoms with Gasteiger partial charge in [-0.15, -0.1) is 0 Å². The molecular formula is CHNO2Zn. The van der Waals surface area contributed by atoms with E-state index in [-0.39, 0.29) is 18.3 Å². The van der Waals surface area contributed by atoms with Gasteiger partial charge in [0.2, 0.25) is 6.08 Å². The number of carbonyl (C=O) groups excluding carboxylic acids is 1. The van der Waals surface area contributed by atoms with Crippen molar-refractivity contribution >= 4 is 6.08 Å². The Bertz CT molecular complexity index is 38.9. The summed E-state index contributed by atoms with van der Waals surface area (Å²) in [6.07, 6.45) is 0.750. The summed E-state index contributed by atoms with van der Waals surface area (Å²) < 4.78 is 8.38. The molecule has 0 aliphatic heterocycles. The van der Waals surface area contributed by atoms with Crippen LogP contribution in [0.25, 0.3) is 0 Å². The van der Waals surface area contributed by atoms with Crippen molar-refractivity contribution in [2.45, 2.75) is 0 Å². The van der Waals surface area contributed by atoms with Gasteiger partial charge in [0, 0.05) is 0 Å². The molecule has 3 nitrogen and oxygen atoms in total. The first-order valence-electron chi connectivity index (χ1n) is 0.743. The number of nitrogens with one attached hydrogen (secondary N) is 1. The number of hydrogen-bond acceptors (Lipinski definition) is 3. The van der Waals surface area contributed by atoms with Gasteiger partial charge in [-0.3, -0.25) is 0 Å². The van der Waals surface area contributed by atoms with Gasteiger partial charge in [0.25, 0.3) is 0 Å². The Balaban J connectivity index is 0. The van der Waals surface area contributed by atoms with Crippen LogP contribution in [0.1, 0.15) is 0 Å². The maximum atomic E-state index is 8.38. The van der Waals surface area contributed by atoms with Gasteiger partial charge in [0.05, 0.1) is 0 Å². The van der Waals surface area contributed by atoms with Crippen LogP contribution in [0.3, 0.4) is 0 Å². The van der Waals surface area contributed by atoms with Gasteiger partial charge in [-0.25, -0.2) is 10.2 Å². The molecule has 0 atom stereocenters. The predicted octanol–water partition coefficient (Wildman–Crippen LogP) is -0.220. The Kier molecular flexibility index (Phi) is 81.9. The SMILES string of the molecule is N=C=O.[O]=[Zn]. The minimum atomic E-state index is 0.125. The molecule has 0 spiro atoms. The summed E-state index contributed by atoms with van der Waals surface area (Å²) in [6.45, 7) is 0. The van der Waals surface area contributed by atoms with Gasteiger partial charge < -0.3 is 0 Å². The van der Waals surface area contributed by atoms with E-state index in [9.17, 15) is 0 Å². The third kappa shape index (κ3) is 320. The zero-order valence-corrected chi connectivity index (χ0v) is 5.49. The van der Waals surface area contributed by atoms with Crippen molar-refractivity contribution in [3.05, 3.63) is 0 Å². The third-order valence-corrected chi connectivity index (χ3v) is 0. The van der Waals surface area contributed by atoms with Gasteiger partial charge in [-0.2, -0.15) is 0 Å². The van der Waals surface area contributed by atoms with Crippen molar-refractivity contribution in [2.24, 2.45) is 0 Å². The first-order chi connectivity index (χ1) is 2.41. The molecule has 0 aromatic heterocycles. The summed E-state index contributed by atoms with van der Waals surface area (Å²) >= 11 is 0.125. The van der Waals surface area contributed by atoms with Crippen molar-refractivity contribution in [2.75, 3.05) is 0 Å². The van der Waals surface area contributed by atoms with E-state index in [1.165, 1.54) is 0 Å². The summed E-state index contributed by atoms with van der Waals surface area (Å²) in [7, 11) is 0. The summed E-state index contributed by atoms with van der Waals surface area (Å²) in [5.41, 5.74) is 0. The van der Waals surface area contributed by atoms with Crippen LogP contribution in [-0.2, 0) is 26.6 Å². The molecule has 0 aliphatic rings. The summed E-state index contributed by atoms with van der Waals surface area (Å²) in [5.74, 6) is 0. The molecule has 4 heteroatoms. The molecule has 0 unspecified atom stereocenters. The molecule has 0 saturated carbocycles. The van der Waals surface area contributed by atoms with Gasteiger partial charge >= 0.3 is 21.8 Å². The van der Waals surface area contributed by atoms with Gasteiger partial charge in [0.1, 0.15) is 0 Å². The van der Waals surface area contributed by atoms with E-state index in [4.69, 9.17) is 13.8 Å². The fourth-order valence-corrected chi connectivity index (χ4v) is 0. The van der Waals surface area contributed by atoms with Crippen molar-refractivity contribution in [3.8, 4) is 0 Å². The van der Waals surface area contributed by atoms with Crippen LogP contribution in [-0.4, -0.2) is 6.08 Å². The average molecular weight is 124 g/mol. The first-order valence-corrected chi connectivity index (χ1v) is 1.95. The molecule has 0 radical (unpaired) electrons. The Morgan fingerprint density at radius 2 is 1.60 bits per heavy atom. The van der Waals surface area contributed by atoms with Gasteiger partial charge in [0.15, 0.2) is 0 Å². The monoisotopic (exact) mass is 123 g/mol. The summed E-state index contributed by atoms with van der Waals surface area (Å²) in [4.78, 5) is 8.35. The number of isocyanates is 1. The standard InChI is InChI=1S/CHNO.O.Zn/c2-1-3;;/h2H;;. The molecule has 0 amide bonds. The zero-order valence-electron chi connectivity index (χ0n) is 2.52. The second kappa shape index (κ2) is 46.3. The molecule has 0 aromatic rings. The summed E-state index contributed by atoms with van der Waals surface area (Å²) in [5, 5.41) is 5.40. The van der Waals surface area contributed by atoms with Crippen molar-refractivity contribution < 1.29 is 26.6 Å². The molecule has 0 fully saturated rings. The van der Waals surface area contributed by atoms with Crippen LogP contribution in [0, 0.1) is 5.41 Å². The molecule has 0 aromatic carbocycles. The molecular weight excluding hydrogens is 123 g/mol. The number of rotatable bonds is 0. The van der Waals surface area contributed by atoms with Crippen LogP contribution < -0.4 is 0 Å². The molecule has 5 heavy (non-hydrogen) atoms. The van der Waals surface area contributed by atoms with E-state index in [0.717, 1.165) is 6.08 Å². The van der Waals surface area contributed by atoms with Crippen molar-refractivity contribution in [1.82, 2.24) is 0 Å². The molecule has 24 valence electrons. The number of hydrogen-bond donors (Lipinski definition) is 1. The van der Waals surface area contributed by atoms with E-state index in [1.54, 1.807) is 0 Å². The van der Waals surface area contributed by atoms with Crippen molar-refractivity contribution in [3.63, 3.8) is 0 Å². The Morgan fingerprint density at radius 1 is 1.60 bits per heavy atom. The second-order valence-corrected chi connectivity index (χ2v) is 0.102. The van der Waals surface area contributed by atoms with Crippen LogP contribution in [0.4, 0.5) is 0 Å². The normalized spacial score (nSPS) is 2.80. The Morgan fingerprint density at radius 3 is 1.60 bits per heavy atom. The van der Waals surface area contributed by atoms with Gasteiger partial charge in [-0.1, -0.05) is 0 Å². The molecule has 0 aliphatic carbocycles. The van der Waals surface area contributed by atoms with Crippen molar-refractivity contribution in [1.29, 1.82) is 5.41 Å². The molecule has 0 bridgehead atoms. The maximum absolute atomic E-state index is 8.38.